The predicted molar refractivity (Wildman–Crippen MR) is 91.8 cm³/mol. The largest absolute Gasteiger partial charge is 0.276 e. The van der Waals surface area contributed by atoms with Gasteiger partial charge in [0.25, 0.3) is 15.7 Å². The van der Waals surface area contributed by atoms with Crippen LogP contribution in [0.3, 0.4) is 0 Å². The quantitative estimate of drug-likeness (QED) is 0.497. The zero-order valence-corrected chi connectivity index (χ0v) is 14.4. The van der Waals surface area contributed by atoms with Crippen molar-refractivity contribution in [1.29, 1.82) is 0 Å². The molecule has 1 N–H and O–H groups in total. The van der Waals surface area contributed by atoms with Gasteiger partial charge in [0.2, 0.25) is 0 Å². The Morgan fingerprint density at radius 3 is 2.54 bits per heavy atom. The Balaban J connectivity index is 2.32. The number of halogens is 1. The molecule has 0 aliphatic rings. The van der Waals surface area contributed by atoms with Crippen molar-refractivity contribution in [3.8, 4) is 0 Å². The molecule has 0 atom stereocenters. The summed E-state index contributed by atoms with van der Waals surface area (Å²) in [5.41, 5.74) is 1.04. The van der Waals surface area contributed by atoms with Crippen LogP contribution in [-0.4, -0.2) is 19.1 Å². The first-order valence-electron chi connectivity index (χ1n) is 6.78. The van der Waals surface area contributed by atoms with E-state index in [2.05, 4.69) is 9.93 Å². The second-order valence-corrected chi connectivity index (χ2v) is 7.05. The van der Waals surface area contributed by atoms with Gasteiger partial charge < -0.3 is 0 Å². The lowest BCUT2D eigenvalue weighted by atomic mass is 10.1. The van der Waals surface area contributed by atoms with Crippen LogP contribution in [0.4, 0.5) is 5.69 Å². The van der Waals surface area contributed by atoms with Gasteiger partial charge in [-0.2, -0.15) is 18.4 Å². The van der Waals surface area contributed by atoms with Crippen LogP contribution < -0.4 is 4.83 Å². The molecule has 0 saturated heterocycles. The first-order valence-corrected chi connectivity index (χ1v) is 8.64. The summed E-state index contributed by atoms with van der Waals surface area (Å²) < 4.78 is 24.5. The van der Waals surface area contributed by atoms with Gasteiger partial charge in [0.1, 0.15) is 0 Å². The summed E-state index contributed by atoms with van der Waals surface area (Å²) in [7, 11) is -4.03. The van der Waals surface area contributed by atoms with Gasteiger partial charge in [0.05, 0.1) is 15.5 Å². The smallest absolute Gasteiger partial charge is 0.258 e. The van der Waals surface area contributed by atoms with Crippen LogP contribution in [0.25, 0.3) is 0 Å². The van der Waals surface area contributed by atoms with Crippen molar-refractivity contribution in [2.24, 2.45) is 5.10 Å². The number of nitrogens with one attached hydrogen (secondary N) is 1. The average molecular weight is 368 g/mol. The summed E-state index contributed by atoms with van der Waals surface area (Å²) in [6.45, 7) is 3.13. The van der Waals surface area contributed by atoms with Crippen molar-refractivity contribution in [3.63, 3.8) is 0 Å². The van der Waals surface area contributed by atoms with Crippen molar-refractivity contribution in [2.75, 3.05) is 0 Å². The lowest BCUT2D eigenvalue weighted by Gasteiger charge is -2.07. The topological polar surface area (TPSA) is 102 Å². The number of rotatable bonds is 5. The van der Waals surface area contributed by atoms with Crippen LogP contribution in [0, 0.1) is 17.0 Å². The summed E-state index contributed by atoms with van der Waals surface area (Å²) in [4.78, 5) is 12.1. The maximum Gasteiger partial charge on any atom is 0.276 e. The molecule has 0 unspecified atom stereocenters. The van der Waals surface area contributed by atoms with Gasteiger partial charge in [-0.3, -0.25) is 10.1 Å². The number of hydrazone groups is 1. The van der Waals surface area contributed by atoms with Crippen molar-refractivity contribution >= 4 is 33.0 Å². The number of nitrogens with zero attached hydrogens (tertiary/aromatic N) is 2. The maximum absolute atomic E-state index is 12.3. The lowest BCUT2D eigenvalue weighted by Crippen LogP contribution is -2.20. The van der Waals surface area contributed by atoms with Crippen LogP contribution in [0.5, 0.6) is 0 Å². The zero-order chi connectivity index (χ0) is 17.9. The molecular weight excluding hydrogens is 354 g/mol. The third-order valence-corrected chi connectivity index (χ3v) is 4.82. The summed E-state index contributed by atoms with van der Waals surface area (Å²) in [6.07, 6.45) is 0. The van der Waals surface area contributed by atoms with Gasteiger partial charge in [-0.15, -0.1) is 0 Å². The van der Waals surface area contributed by atoms with E-state index >= 15 is 0 Å². The normalized spacial score (nSPS) is 12.0. The summed E-state index contributed by atoms with van der Waals surface area (Å²) in [5.74, 6) is 0. The van der Waals surface area contributed by atoms with Crippen molar-refractivity contribution in [1.82, 2.24) is 4.83 Å². The molecule has 0 amide bonds. The van der Waals surface area contributed by atoms with Crippen LogP contribution in [0.2, 0.25) is 5.02 Å². The van der Waals surface area contributed by atoms with E-state index < -0.39 is 14.9 Å². The van der Waals surface area contributed by atoms with Gasteiger partial charge >= 0.3 is 0 Å². The minimum Gasteiger partial charge on any atom is -0.258 e. The highest BCUT2D eigenvalue weighted by Gasteiger charge is 2.19. The van der Waals surface area contributed by atoms with Crippen molar-refractivity contribution in [2.45, 2.75) is 18.7 Å². The van der Waals surface area contributed by atoms with E-state index in [0.717, 1.165) is 6.07 Å². The first kappa shape index (κ1) is 17.9. The fourth-order valence-corrected chi connectivity index (χ4v) is 3.10. The van der Waals surface area contributed by atoms with Crippen LogP contribution in [0.15, 0.2) is 52.5 Å². The molecule has 7 nitrogen and oxygen atoms in total. The molecule has 0 aliphatic carbocycles. The Morgan fingerprint density at radius 2 is 1.92 bits per heavy atom. The lowest BCUT2D eigenvalue weighted by molar-refractivity contribution is -0.385. The molecule has 2 aromatic carbocycles. The number of hydrogen-bond donors (Lipinski definition) is 1. The number of hydrogen-bond acceptors (Lipinski definition) is 5. The molecule has 0 bridgehead atoms. The van der Waals surface area contributed by atoms with E-state index in [9.17, 15) is 18.5 Å². The molecule has 24 heavy (non-hydrogen) atoms. The van der Waals surface area contributed by atoms with Crippen molar-refractivity contribution < 1.29 is 13.3 Å². The maximum atomic E-state index is 12.3. The molecule has 2 rings (SSSR count). The molecule has 9 heteroatoms. The molecule has 0 fully saturated rings. The Morgan fingerprint density at radius 1 is 1.25 bits per heavy atom. The molecule has 0 aromatic heterocycles. The molecule has 0 heterocycles. The zero-order valence-electron chi connectivity index (χ0n) is 12.9. The van der Waals surface area contributed by atoms with Gasteiger partial charge in [-0.25, -0.2) is 0 Å². The third kappa shape index (κ3) is 3.90. The SMILES string of the molecule is C/C(=N/NS(=O)(=O)c1ccc(C)c([N+](=O)[O-])c1)c1ccccc1Cl. The minimum atomic E-state index is -4.03. The second-order valence-electron chi connectivity index (χ2n) is 4.98. The van der Waals surface area contributed by atoms with Crippen LogP contribution in [0.1, 0.15) is 18.1 Å². The van der Waals surface area contributed by atoms with Gasteiger partial charge in [-0.05, 0) is 26.0 Å². The second kappa shape index (κ2) is 6.98. The van der Waals surface area contributed by atoms with E-state index in [1.54, 1.807) is 31.2 Å². The summed E-state index contributed by atoms with van der Waals surface area (Å²) >= 11 is 6.03. The van der Waals surface area contributed by atoms with Crippen molar-refractivity contribution in [3.05, 3.63) is 68.7 Å². The third-order valence-electron chi connectivity index (χ3n) is 3.28. The highest BCUT2D eigenvalue weighted by atomic mass is 35.5. The number of sulfonamides is 1. The molecule has 2 aromatic rings. The molecule has 0 spiro atoms. The molecule has 126 valence electrons. The standard InChI is InChI=1S/C15H14ClN3O4S/c1-10-7-8-12(9-15(10)19(20)21)24(22,23)18-17-11(2)13-5-3-4-6-14(13)16/h3-9,18H,1-2H3/b17-11-. The Labute approximate surface area is 144 Å². The number of benzene rings is 2. The number of aryl methyl sites for hydroxylation is 1. The predicted octanol–water partition coefficient (Wildman–Crippen LogP) is 3.26. The minimum absolute atomic E-state index is 0.240. The Bertz CT molecular complexity index is 926. The van der Waals surface area contributed by atoms with Gasteiger partial charge in [-0.1, -0.05) is 35.9 Å². The fraction of sp³-hybridized carbons (Fsp3) is 0.133. The van der Waals surface area contributed by atoms with Crippen LogP contribution in [-0.2, 0) is 10.0 Å². The van der Waals surface area contributed by atoms with E-state index in [1.807, 2.05) is 0 Å². The molecule has 0 radical (unpaired) electrons. The van der Waals surface area contributed by atoms with E-state index in [-0.39, 0.29) is 10.6 Å². The Kier molecular flexibility index (Phi) is 5.20. The van der Waals surface area contributed by atoms with Crippen LogP contribution >= 0.6 is 11.6 Å². The molecule has 0 aliphatic heterocycles. The Hall–Kier alpha value is -2.45. The molecular formula is C15H14ClN3O4S. The van der Waals surface area contributed by atoms with E-state index in [1.165, 1.54) is 19.1 Å². The van der Waals surface area contributed by atoms with Gasteiger partial charge in [0, 0.05) is 22.2 Å². The number of nitro benzene ring substituents is 1. The monoisotopic (exact) mass is 367 g/mol. The summed E-state index contributed by atoms with van der Waals surface area (Å²) in [6, 6.07) is 10.5. The molecule has 0 saturated carbocycles. The van der Waals surface area contributed by atoms with E-state index in [4.69, 9.17) is 11.6 Å². The highest BCUT2D eigenvalue weighted by Crippen LogP contribution is 2.22. The highest BCUT2D eigenvalue weighted by molar-refractivity contribution is 7.89. The number of nitro groups is 1. The first-order chi connectivity index (χ1) is 11.2. The average Bonchev–Trinajstić information content (AvgIpc) is 2.53. The fourth-order valence-electron chi connectivity index (χ4n) is 1.95. The van der Waals surface area contributed by atoms with Gasteiger partial charge in [0.15, 0.2) is 0 Å². The van der Waals surface area contributed by atoms with E-state index in [0.29, 0.717) is 21.9 Å². The summed E-state index contributed by atoms with van der Waals surface area (Å²) in [5, 5.41) is 15.2.